The van der Waals surface area contributed by atoms with Crippen LogP contribution in [0.2, 0.25) is 0 Å². The second-order valence-corrected chi connectivity index (χ2v) is 5.50. The lowest BCUT2D eigenvalue weighted by atomic mass is 10.2. The summed E-state index contributed by atoms with van der Waals surface area (Å²) < 4.78 is 42.4. The fraction of sp³-hybridized carbons (Fsp3) is 0.143. The number of fused-ring (bicyclic) bond motifs is 1. The molecule has 23 heavy (non-hydrogen) atoms. The molecule has 0 amide bonds. The summed E-state index contributed by atoms with van der Waals surface area (Å²) in [4.78, 5) is 0. The number of rotatable bonds is 5. The molecule has 0 saturated carbocycles. The van der Waals surface area contributed by atoms with Crippen LogP contribution in [-0.4, -0.2) is 30.9 Å². The van der Waals surface area contributed by atoms with Gasteiger partial charge in [0.2, 0.25) is 11.3 Å². The highest BCUT2D eigenvalue weighted by molar-refractivity contribution is 7.77. The minimum absolute atomic E-state index is 0.0790. The molecule has 1 atom stereocenters. The van der Waals surface area contributed by atoms with E-state index in [0.29, 0.717) is 22.3 Å². The fourth-order valence-corrected chi connectivity index (χ4v) is 2.48. The molecule has 0 saturated heterocycles. The lowest BCUT2D eigenvalue weighted by Gasteiger charge is -2.07. The minimum atomic E-state index is -2.14. The van der Waals surface area contributed by atoms with Gasteiger partial charge in [-0.15, -0.1) is 5.10 Å². The number of ether oxygens (including phenoxy) is 1. The first kappa shape index (κ1) is 15.5. The van der Waals surface area contributed by atoms with Gasteiger partial charge in [0.1, 0.15) is 22.8 Å². The summed E-state index contributed by atoms with van der Waals surface area (Å²) in [5.74, 6) is 0.138. The third kappa shape index (κ3) is 3.21. The van der Waals surface area contributed by atoms with E-state index in [4.69, 9.17) is 9.29 Å². The van der Waals surface area contributed by atoms with E-state index in [-0.39, 0.29) is 12.2 Å². The van der Waals surface area contributed by atoms with Crippen LogP contribution in [0.3, 0.4) is 0 Å². The van der Waals surface area contributed by atoms with E-state index >= 15 is 0 Å². The molecule has 0 radical (unpaired) electrons. The monoisotopic (exact) mass is 336 g/mol. The summed E-state index contributed by atoms with van der Waals surface area (Å²) in [6.07, 6.45) is 0. The third-order valence-corrected chi connectivity index (χ3v) is 3.68. The molecule has 1 heterocycles. The lowest BCUT2D eigenvalue weighted by Crippen LogP contribution is -2.15. The van der Waals surface area contributed by atoms with Gasteiger partial charge < -0.3 is 4.74 Å². The summed E-state index contributed by atoms with van der Waals surface area (Å²) in [5.41, 5.74) is 2.02. The third-order valence-electron chi connectivity index (χ3n) is 3.29. The number of nitrogens with one attached hydrogen (secondary N) is 1. The van der Waals surface area contributed by atoms with Crippen molar-refractivity contribution in [2.75, 3.05) is 7.11 Å². The van der Waals surface area contributed by atoms with Crippen molar-refractivity contribution < 1.29 is 17.9 Å². The molecule has 0 aliphatic rings. The van der Waals surface area contributed by atoms with E-state index in [9.17, 15) is 8.60 Å². The predicted octanol–water partition coefficient (Wildman–Crippen LogP) is 1.79. The molecule has 2 aromatic carbocycles. The van der Waals surface area contributed by atoms with E-state index < -0.39 is 17.1 Å². The second kappa shape index (κ2) is 6.41. The first-order valence-corrected chi connectivity index (χ1v) is 7.72. The number of aromatic nitrogens is 3. The number of nitrogens with zero attached hydrogens (tertiary/aromatic N) is 3. The van der Waals surface area contributed by atoms with Crippen molar-refractivity contribution >= 4 is 22.3 Å². The molecule has 1 aromatic heterocycles. The largest absolute Gasteiger partial charge is 0.497 e. The van der Waals surface area contributed by atoms with Gasteiger partial charge in [0, 0.05) is 12.6 Å². The maximum atomic E-state index is 14.3. The maximum Gasteiger partial charge on any atom is 0.232 e. The molecule has 3 rings (SSSR count). The second-order valence-electron chi connectivity index (χ2n) is 4.71. The van der Waals surface area contributed by atoms with E-state index in [0.717, 1.165) is 0 Å². The standard InChI is InChI=1S/C14H13FN4O3S/c1-22-10-3-5-14-12(7-10)17-18-19(14)13-4-2-9(6-11(13)15)8-16-23(20)21/h2-7,16H,8H2,1H3,(H,20,21). The van der Waals surface area contributed by atoms with Gasteiger partial charge >= 0.3 is 0 Å². The van der Waals surface area contributed by atoms with Gasteiger partial charge in [0.15, 0.2) is 0 Å². The molecule has 0 bridgehead atoms. The highest BCUT2D eigenvalue weighted by Gasteiger charge is 2.12. The van der Waals surface area contributed by atoms with Crippen molar-refractivity contribution in [2.24, 2.45) is 0 Å². The van der Waals surface area contributed by atoms with Gasteiger partial charge in [0.25, 0.3) is 0 Å². The van der Waals surface area contributed by atoms with Crippen LogP contribution >= 0.6 is 0 Å². The first-order valence-electron chi connectivity index (χ1n) is 6.61. The van der Waals surface area contributed by atoms with E-state index in [1.54, 1.807) is 37.4 Å². The van der Waals surface area contributed by atoms with Gasteiger partial charge in [-0.3, -0.25) is 4.55 Å². The molecule has 120 valence electrons. The SMILES string of the molecule is COc1ccc2c(c1)nnn2-c1ccc(CNS(=O)O)cc1F. The normalized spacial score (nSPS) is 12.5. The van der Waals surface area contributed by atoms with Gasteiger partial charge in [-0.25, -0.2) is 18.0 Å². The molecule has 0 aliphatic carbocycles. The average molecular weight is 336 g/mol. The summed E-state index contributed by atoms with van der Waals surface area (Å²) >= 11 is -2.14. The Morgan fingerprint density at radius 3 is 2.87 bits per heavy atom. The zero-order valence-corrected chi connectivity index (χ0v) is 12.9. The highest BCUT2D eigenvalue weighted by atomic mass is 32.2. The molecule has 3 aromatic rings. The van der Waals surface area contributed by atoms with Crippen LogP contribution in [0.25, 0.3) is 16.7 Å². The number of benzene rings is 2. The smallest absolute Gasteiger partial charge is 0.232 e. The summed E-state index contributed by atoms with van der Waals surface area (Å²) in [5, 5.41) is 7.98. The van der Waals surface area contributed by atoms with Gasteiger partial charge in [-0.1, -0.05) is 11.3 Å². The molecule has 9 heteroatoms. The van der Waals surface area contributed by atoms with Gasteiger partial charge in [0.05, 0.1) is 12.6 Å². The van der Waals surface area contributed by atoms with Crippen molar-refractivity contribution in [2.45, 2.75) is 6.54 Å². The van der Waals surface area contributed by atoms with Crippen molar-refractivity contribution in [1.82, 2.24) is 19.7 Å². The number of hydrogen-bond donors (Lipinski definition) is 2. The zero-order chi connectivity index (χ0) is 16.4. The van der Waals surface area contributed by atoms with Crippen LogP contribution in [0, 0.1) is 5.82 Å². The Labute approximate surface area is 133 Å². The summed E-state index contributed by atoms with van der Waals surface area (Å²) in [6.45, 7) is 0.0790. The van der Waals surface area contributed by atoms with Crippen LogP contribution in [0.4, 0.5) is 4.39 Å². The average Bonchev–Trinajstić information content (AvgIpc) is 2.95. The van der Waals surface area contributed by atoms with Gasteiger partial charge in [-0.2, -0.15) is 0 Å². The van der Waals surface area contributed by atoms with E-state index in [1.807, 2.05) is 0 Å². The van der Waals surface area contributed by atoms with Crippen LogP contribution in [-0.2, 0) is 17.8 Å². The Kier molecular flexibility index (Phi) is 4.33. The van der Waals surface area contributed by atoms with Crippen molar-refractivity contribution in [1.29, 1.82) is 0 Å². The van der Waals surface area contributed by atoms with Crippen molar-refractivity contribution in [3.05, 3.63) is 47.8 Å². The van der Waals surface area contributed by atoms with Crippen LogP contribution < -0.4 is 9.46 Å². The first-order chi connectivity index (χ1) is 11.1. The Bertz CT molecular complexity index is 884. The summed E-state index contributed by atoms with van der Waals surface area (Å²) in [6, 6.07) is 9.69. The predicted molar refractivity (Wildman–Crippen MR) is 83.0 cm³/mol. The maximum absolute atomic E-state index is 14.3. The van der Waals surface area contributed by atoms with Gasteiger partial charge in [-0.05, 0) is 29.8 Å². The molecule has 0 spiro atoms. The Morgan fingerprint density at radius 1 is 1.35 bits per heavy atom. The van der Waals surface area contributed by atoms with E-state index in [2.05, 4.69) is 15.0 Å². The van der Waals surface area contributed by atoms with Crippen LogP contribution in [0.5, 0.6) is 5.75 Å². The van der Waals surface area contributed by atoms with E-state index in [1.165, 1.54) is 10.7 Å². The molecular formula is C14H13FN4O3S. The van der Waals surface area contributed by atoms with Crippen LogP contribution in [0.1, 0.15) is 5.56 Å². The number of hydrogen-bond acceptors (Lipinski definition) is 4. The number of halogens is 1. The topological polar surface area (TPSA) is 89.3 Å². The van der Waals surface area contributed by atoms with Crippen molar-refractivity contribution in [3.63, 3.8) is 0 Å². The minimum Gasteiger partial charge on any atom is -0.497 e. The molecule has 2 N–H and O–H groups in total. The quantitative estimate of drug-likeness (QED) is 0.694. The molecule has 1 unspecified atom stereocenters. The van der Waals surface area contributed by atoms with Crippen LogP contribution in [0.15, 0.2) is 36.4 Å². The van der Waals surface area contributed by atoms with Crippen molar-refractivity contribution in [3.8, 4) is 11.4 Å². The number of methoxy groups -OCH3 is 1. The molecule has 0 fully saturated rings. The summed E-state index contributed by atoms with van der Waals surface area (Å²) in [7, 11) is 1.55. The Morgan fingerprint density at radius 2 is 2.17 bits per heavy atom. The lowest BCUT2D eigenvalue weighted by molar-refractivity contribution is 0.415. The Balaban J connectivity index is 1.97. The Hall–Kier alpha value is -2.36. The highest BCUT2D eigenvalue weighted by Crippen LogP contribution is 2.23. The molecule has 7 nitrogen and oxygen atoms in total. The molecular weight excluding hydrogens is 323 g/mol. The molecule has 0 aliphatic heterocycles. The fourth-order valence-electron chi connectivity index (χ4n) is 2.19. The zero-order valence-electron chi connectivity index (χ0n) is 12.1.